The molecule has 3 heterocycles. The molecule has 1 aromatic carbocycles. The van der Waals surface area contributed by atoms with Crippen LogP contribution in [-0.2, 0) is 6.54 Å². The maximum Gasteiger partial charge on any atom is 0.259 e. The molecular weight excluding hydrogens is 416 g/mol. The number of pyridine rings is 2. The van der Waals surface area contributed by atoms with E-state index >= 15 is 0 Å². The largest absolute Gasteiger partial charge is 0.352 e. The lowest BCUT2D eigenvalue weighted by atomic mass is 10.1. The number of carbonyl (C=O) groups excluding carboxylic acids is 1. The van der Waals surface area contributed by atoms with Crippen LogP contribution in [0.3, 0.4) is 0 Å². The van der Waals surface area contributed by atoms with E-state index in [9.17, 15) is 9.59 Å². The van der Waals surface area contributed by atoms with Gasteiger partial charge in [0, 0.05) is 42.3 Å². The lowest BCUT2D eigenvalue weighted by Crippen LogP contribution is -2.23. The highest BCUT2D eigenvalue weighted by atomic mass is 16.1. The molecule has 0 fully saturated rings. The number of amides is 1. The van der Waals surface area contributed by atoms with E-state index in [4.69, 9.17) is 4.98 Å². The number of hydrogen-bond donors (Lipinski definition) is 3. The predicted molar refractivity (Wildman–Crippen MR) is 131 cm³/mol. The van der Waals surface area contributed by atoms with Crippen LogP contribution in [0.4, 0.5) is 11.5 Å². The molecule has 33 heavy (non-hydrogen) atoms. The molecule has 0 spiro atoms. The SMILES string of the molecule is CCCNC(=O)c1ccc(Nc2nc(-c3cnn(CC(C)C)c3)cc3cc[nH]c(=O)c23)cc1. The van der Waals surface area contributed by atoms with Gasteiger partial charge in [0.25, 0.3) is 11.5 Å². The number of rotatable bonds is 8. The Morgan fingerprint density at radius 3 is 2.70 bits per heavy atom. The minimum Gasteiger partial charge on any atom is -0.352 e. The first-order chi connectivity index (χ1) is 15.9. The van der Waals surface area contributed by atoms with E-state index in [-0.39, 0.29) is 11.5 Å². The molecule has 0 radical (unpaired) electrons. The summed E-state index contributed by atoms with van der Waals surface area (Å²) in [6.45, 7) is 7.75. The van der Waals surface area contributed by atoms with Gasteiger partial charge >= 0.3 is 0 Å². The Bertz CT molecular complexity index is 1320. The molecule has 3 aromatic heterocycles. The van der Waals surface area contributed by atoms with E-state index < -0.39 is 0 Å². The Labute approximate surface area is 192 Å². The average molecular weight is 445 g/mol. The van der Waals surface area contributed by atoms with Gasteiger partial charge < -0.3 is 15.6 Å². The Morgan fingerprint density at radius 1 is 1.18 bits per heavy atom. The second-order valence-electron chi connectivity index (χ2n) is 8.43. The van der Waals surface area contributed by atoms with E-state index in [0.717, 1.165) is 35.3 Å². The van der Waals surface area contributed by atoms with Crippen LogP contribution in [0, 0.1) is 5.92 Å². The fraction of sp³-hybridized carbons (Fsp3) is 0.280. The number of nitrogens with one attached hydrogen (secondary N) is 3. The molecule has 0 saturated heterocycles. The van der Waals surface area contributed by atoms with Crippen LogP contribution in [0.15, 0.2) is 59.8 Å². The third-order valence-electron chi connectivity index (χ3n) is 5.18. The zero-order chi connectivity index (χ0) is 23.4. The van der Waals surface area contributed by atoms with E-state index in [1.54, 1.807) is 36.7 Å². The van der Waals surface area contributed by atoms with E-state index in [1.165, 1.54) is 0 Å². The zero-order valence-electron chi connectivity index (χ0n) is 19.1. The van der Waals surface area contributed by atoms with Gasteiger partial charge in [0.05, 0.1) is 17.3 Å². The van der Waals surface area contributed by atoms with Gasteiger partial charge in [-0.2, -0.15) is 5.10 Å². The number of anilines is 2. The summed E-state index contributed by atoms with van der Waals surface area (Å²) in [5.74, 6) is 0.818. The molecule has 0 saturated carbocycles. The summed E-state index contributed by atoms with van der Waals surface area (Å²) in [5.41, 5.74) is 2.69. The highest BCUT2D eigenvalue weighted by Gasteiger charge is 2.13. The number of aromatic amines is 1. The topological polar surface area (TPSA) is 105 Å². The maximum atomic E-state index is 12.6. The van der Waals surface area contributed by atoms with Gasteiger partial charge in [0.2, 0.25) is 0 Å². The van der Waals surface area contributed by atoms with Crippen LogP contribution < -0.4 is 16.2 Å². The van der Waals surface area contributed by atoms with Crippen molar-refractivity contribution in [3.8, 4) is 11.3 Å². The fourth-order valence-electron chi connectivity index (χ4n) is 3.60. The summed E-state index contributed by atoms with van der Waals surface area (Å²) in [5, 5.41) is 11.8. The van der Waals surface area contributed by atoms with Crippen molar-refractivity contribution in [2.24, 2.45) is 5.92 Å². The Balaban J connectivity index is 1.68. The van der Waals surface area contributed by atoms with Gasteiger partial charge in [-0.25, -0.2) is 4.98 Å². The Kier molecular flexibility index (Phi) is 6.53. The molecule has 0 atom stereocenters. The summed E-state index contributed by atoms with van der Waals surface area (Å²) < 4.78 is 1.90. The van der Waals surface area contributed by atoms with E-state index in [1.807, 2.05) is 29.9 Å². The van der Waals surface area contributed by atoms with Crippen molar-refractivity contribution in [1.29, 1.82) is 0 Å². The standard InChI is InChI=1S/C25H28N6O2/c1-4-10-26-24(32)17-5-7-20(8-6-17)29-23-22-18(9-11-27-25(22)33)12-21(30-23)19-13-28-31(15-19)14-16(2)3/h5-9,11-13,15-16H,4,10,14H2,1-3H3,(H,26,32)(H,27,33)(H,29,30). The first-order valence-corrected chi connectivity index (χ1v) is 11.1. The first-order valence-electron chi connectivity index (χ1n) is 11.1. The molecule has 4 rings (SSSR count). The molecule has 3 N–H and O–H groups in total. The maximum absolute atomic E-state index is 12.6. The number of benzene rings is 1. The smallest absolute Gasteiger partial charge is 0.259 e. The van der Waals surface area contributed by atoms with Gasteiger partial charge in [0.1, 0.15) is 5.82 Å². The quantitative estimate of drug-likeness (QED) is 0.375. The lowest BCUT2D eigenvalue weighted by molar-refractivity contribution is 0.0953. The van der Waals surface area contributed by atoms with Gasteiger partial charge in [-0.05, 0) is 54.1 Å². The Hall–Kier alpha value is -3.94. The summed E-state index contributed by atoms with van der Waals surface area (Å²) >= 11 is 0. The summed E-state index contributed by atoms with van der Waals surface area (Å²) in [7, 11) is 0. The van der Waals surface area contributed by atoms with Crippen molar-refractivity contribution >= 4 is 28.2 Å². The average Bonchev–Trinajstić information content (AvgIpc) is 3.25. The molecule has 1 amide bonds. The van der Waals surface area contributed by atoms with Gasteiger partial charge in [-0.15, -0.1) is 0 Å². The van der Waals surface area contributed by atoms with Crippen LogP contribution in [0.25, 0.3) is 22.0 Å². The van der Waals surface area contributed by atoms with Crippen molar-refractivity contribution in [2.75, 3.05) is 11.9 Å². The van der Waals surface area contributed by atoms with Crippen molar-refractivity contribution in [1.82, 2.24) is 25.1 Å². The molecule has 0 unspecified atom stereocenters. The molecule has 0 aliphatic carbocycles. The normalized spacial score (nSPS) is 11.2. The van der Waals surface area contributed by atoms with Crippen molar-refractivity contribution in [3.63, 3.8) is 0 Å². The van der Waals surface area contributed by atoms with Crippen LogP contribution in [0.5, 0.6) is 0 Å². The molecular formula is C25H28N6O2. The van der Waals surface area contributed by atoms with Gasteiger partial charge in [-0.3, -0.25) is 14.3 Å². The summed E-state index contributed by atoms with van der Waals surface area (Å²) in [6.07, 6.45) is 6.27. The molecule has 170 valence electrons. The fourth-order valence-corrected chi connectivity index (χ4v) is 3.60. The van der Waals surface area contributed by atoms with Crippen molar-refractivity contribution < 1.29 is 4.79 Å². The number of H-pyrrole nitrogens is 1. The Morgan fingerprint density at radius 2 is 1.97 bits per heavy atom. The second-order valence-corrected chi connectivity index (χ2v) is 8.43. The zero-order valence-corrected chi connectivity index (χ0v) is 19.1. The van der Waals surface area contributed by atoms with Crippen molar-refractivity contribution in [2.45, 2.75) is 33.7 Å². The van der Waals surface area contributed by atoms with Gasteiger partial charge in [-0.1, -0.05) is 20.8 Å². The number of nitrogens with zero attached hydrogens (tertiary/aromatic N) is 3. The van der Waals surface area contributed by atoms with Crippen LogP contribution in [-0.4, -0.2) is 32.2 Å². The minimum atomic E-state index is -0.222. The molecule has 4 aromatic rings. The van der Waals surface area contributed by atoms with E-state index in [2.05, 4.69) is 34.6 Å². The number of hydrogen-bond acceptors (Lipinski definition) is 5. The predicted octanol–water partition coefficient (Wildman–Crippen LogP) is 4.33. The van der Waals surface area contributed by atoms with Crippen LogP contribution in [0.1, 0.15) is 37.6 Å². The number of carbonyl (C=O) groups is 1. The molecule has 0 aliphatic heterocycles. The minimum absolute atomic E-state index is 0.108. The second kappa shape index (κ2) is 9.68. The molecule has 0 bridgehead atoms. The summed E-state index contributed by atoms with van der Waals surface area (Å²) in [6, 6.07) is 10.9. The monoisotopic (exact) mass is 444 g/mol. The summed E-state index contributed by atoms with van der Waals surface area (Å²) in [4.78, 5) is 32.2. The third-order valence-corrected chi connectivity index (χ3v) is 5.18. The molecule has 0 aliphatic rings. The van der Waals surface area contributed by atoms with Crippen LogP contribution in [0.2, 0.25) is 0 Å². The number of fused-ring (bicyclic) bond motifs is 1. The lowest BCUT2D eigenvalue weighted by Gasteiger charge is -2.11. The van der Waals surface area contributed by atoms with Crippen molar-refractivity contribution in [3.05, 3.63) is 70.9 Å². The van der Waals surface area contributed by atoms with E-state index in [0.29, 0.717) is 29.2 Å². The molecule has 8 nitrogen and oxygen atoms in total. The van der Waals surface area contributed by atoms with Gasteiger partial charge in [0.15, 0.2) is 0 Å². The highest BCUT2D eigenvalue weighted by Crippen LogP contribution is 2.28. The number of aromatic nitrogens is 4. The third kappa shape index (κ3) is 5.11. The molecule has 8 heteroatoms. The highest BCUT2D eigenvalue weighted by molar-refractivity contribution is 5.96. The van der Waals surface area contributed by atoms with Crippen LogP contribution >= 0.6 is 0 Å². The first kappa shape index (κ1) is 22.3.